The van der Waals surface area contributed by atoms with Gasteiger partial charge >= 0.3 is 0 Å². The number of benzene rings is 1. The fourth-order valence-electron chi connectivity index (χ4n) is 2.79. The van der Waals surface area contributed by atoms with Gasteiger partial charge in [-0.3, -0.25) is 4.90 Å². The smallest absolute Gasteiger partial charge is 0.136 e. The Kier molecular flexibility index (Phi) is 5.27. The van der Waals surface area contributed by atoms with Gasteiger partial charge in [0.15, 0.2) is 0 Å². The fraction of sp³-hybridized carbons (Fsp3) is 0.389. The molecule has 3 rings (SSSR count). The van der Waals surface area contributed by atoms with Crippen LogP contribution in [0.4, 0.5) is 0 Å². The minimum atomic E-state index is 0.443. The number of fused-ring (bicyclic) bond motifs is 2. The molecule has 2 fully saturated rings. The third kappa shape index (κ3) is 4.29. The molecule has 2 aliphatic rings. The van der Waals surface area contributed by atoms with Gasteiger partial charge in [0.05, 0.1) is 15.8 Å². The average molecular weight is 349 g/mol. The largest absolute Gasteiger partial charge is 0.392 e. The lowest BCUT2D eigenvalue weighted by Gasteiger charge is -2.12. The van der Waals surface area contributed by atoms with Gasteiger partial charge in [0.2, 0.25) is 0 Å². The summed E-state index contributed by atoms with van der Waals surface area (Å²) in [5, 5.41) is 5.32. The van der Waals surface area contributed by atoms with Gasteiger partial charge in [0.25, 0.3) is 0 Å². The first-order valence-electron chi connectivity index (χ1n) is 7.67. The SMILES string of the molecule is C/C(C#Cc1ccc(Cl)c(Cl)c1)=C\CO/N=C1\CN2CCC1C2. The van der Waals surface area contributed by atoms with E-state index in [0.29, 0.717) is 22.6 Å². The van der Waals surface area contributed by atoms with Crippen LogP contribution in [0.3, 0.4) is 0 Å². The maximum absolute atomic E-state index is 5.97. The third-order valence-corrected chi connectivity index (χ3v) is 4.84. The summed E-state index contributed by atoms with van der Waals surface area (Å²) in [7, 11) is 0. The van der Waals surface area contributed by atoms with Crippen LogP contribution in [-0.4, -0.2) is 36.9 Å². The molecule has 0 radical (unpaired) electrons. The van der Waals surface area contributed by atoms with Gasteiger partial charge < -0.3 is 4.84 Å². The van der Waals surface area contributed by atoms with Crippen LogP contribution in [0.25, 0.3) is 0 Å². The van der Waals surface area contributed by atoms with E-state index in [1.54, 1.807) is 12.1 Å². The van der Waals surface area contributed by atoms with Crippen molar-refractivity contribution in [1.29, 1.82) is 0 Å². The molecule has 1 aromatic rings. The van der Waals surface area contributed by atoms with E-state index in [4.69, 9.17) is 28.0 Å². The first-order valence-corrected chi connectivity index (χ1v) is 8.42. The Balaban J connectivity index is 1.51. The predicted octanol–water partition coefficient (Wildman–Crippen LogP) is 4.00. The highest BCUT2D eigenvalue weighted by atomic mass is 35.5. The molecular formula is C18H18Cl2N2O. The Labute approximate surface area is 146 Å². The van der Waals surface area contributed by atoms with Gasteiger partial charge in [-0.15, -0.1) is 0 Å². The second kappa shape index (κ2) is 7.40. The van der Waals surface area contributed by atoms with Crippen molar-refractivity contribution in [3.05, 3.63) is 45.5 Å². The predicted molar refractivity (Wildman–Crippen MR) is 95.0 cm³/mol. The van der Waals surface area contributed by atoms with Crippen molar-refractivity contribution in [1.82, 2.24) is 4.90 Å². The highest BCUT2D eigenvalue weighted by Crippen LogP contribution is 2.25. The summed E-state index contributed by atoms with van der Waals surface area (Å²) in [5.41, 5.74) is 2.96. The van der Waals surface area contributed by atoms with Crippen LogP contribution in [0.2, 0.25) is 10.0 Å². The third-order valence-electron chi connectivity index (χ3n) is 4.10. The molecule has 0 amide bonds. The lowest BCUT2D eigenvalue weighted by molar-refractivity contribution is 0.171. The minimum Gasteiger partial charge on any atom is -0.392 e. The molecule has 2 aliphatic heterocycles. The van der Waals surface area contributed by atoms with E-state index in [1.165, 1.54) is 18.7 Å². The van der Waals surface area contributed by atoms with E-state index in [2.05, 4.69) is 21.9 Å². The van der Waals surface area contributed by atoms with Crippen LogP contribution < -0.4 is 0 Å². The van der Waals surface area contributed by atoms with E-state index in [1.807, 2.05) is 19.1 Å². The maximum atomic E-state index is 5.97. The standard InChI is InChI=1S/C18H18Cl2N2O/c1-13(2-3-14-4-5-16(19)17(20)10-14)7-9-23-21-18-12-22-8-6-15(18)11-22/h4-5,7,10,15H,6,8-9,11-12H2,1H3/b13-7+,21-18+. The summed E-state index contributed by atoms with van der Waals surface area (Å²) in [5.74, 6) is 6.74. The molecule has 3 nitrogen and oxygen atoms in total. The Morgan fingerprint density at radius 1 is 1.43 bits per heavy atom. The average Bonchev–Trinajstić information content (AvgIpc) is 3.15. The van der Waals surface area contributed by atoms with E-state index >= 15 is 0 Å². The quantitative estimate of drug-likeness (QED) is 0.468. The van der Waals surface area contributed by atoms with E-state index in [0.717, 1.165) is 24.2 Å². The Morgan fingerprint density at radius 2 is 2.30 bits per heavy atom. The molecule has 0 aromatic heterocycles. The maximum Gasteiger partial charge on any atom is 0.136 e. The first-order chi connectivity index (χ1) is 11.1. The molecule has 120 valence electrons. The van der Waals surface area contributed by atoms with Crippen molar-refractivity contribution < 1.29 is 4.84 Å². The molecule has 5 heteroatoms. The van der Waals surface area contributed by atoms with E-state index < -0.39 is 0 Å². The number of allylic oxidation sites excluding steroid dienone is 1. The highest BCUT2D eigenvalue weighted by Gasteiger charge is 2.35. The summed E-state index contributed by atoms with van der Waals surface area (Å²) in [6, 6.07) is 5.36. The number of oxime groups is 1. The number of halogens is 2. The van der Waals surface area contributed by atoms with Crippen LogP contribution >= 0.6 is 23.2 Å². The molecule has 0 spiro atoms. The van der Waals surface area contributed by atoms with E-state index in [-0.39, 0.29) is 0 Å². The molecule has 1 aromatic carbocycles. The van der Waals surface area contributed by atoms with Crippen LogP contribution in [0.5, 0.6) is 0 Å². The molecule has 2 saturated heterocycles. The van der Waals surface area contributed by atoms with Crippen molar-refractivity contribution in [2.45, 2.75) is 13.3 Å². The van der Waals surface area contributed by atoms with Crippen LogP contribution in [0.1, 0.15) is 18.9 Å². The van der Waals surface area contributed by atoms with Gasteiger partial charge in [0, 0.05) is 24.6 Å². The molecule has 2 bridgehead atoms. The molecule has 23 heavy (non-hydrogen) atoms. The van der Waals surface area contributed by atoms with Crippen molar-refractivity contribution in [2.75, 3.05) is 26.2 Å². The zero-order chi connectivity index (χ0) is 16.2. The topological polar surface area (TPSA) is 24.8 Å². The number of hydrogen-bond acceptors (Lipinski definition) is 3. The van der Waals surface area contributed by atoms with E-state index in [9.17, 15) is 0 Å². The highest BCUT2D eigenvalue weighted by molar-refractivity contribution is 6.42. The number of rotatable bonds is 3. The minimum absolute atomic E-state index is 0.443. The molecule has 2 unspecified atom stereocenters. The van der Waals surface area contributed by atoms with Crippen molar-refractivity contribution in [3.8, 4) is 11.8 Å². The zero-order valence-corrected chi connectivity index (χ0v) is 14.5. The Morgan fingerprint density at radius 3 is 3.00 bits per heavy atom. The lowest BCUT2D eigenvalue weighted by atomic mass is 10.0. The molecule has 2 heterocycles. The second-order valence-corrected chi connectivity index (χ2v) is 6.68. The van der Waals surface area contributed by atoms with Crippen molar-refractivity contribution in [2.24, 2.45) is 11.1 Å². The first kappa shape index (κ1) is 16.4. The lowest BCUT2D eigenvalue weighted by Crippen LogP contribution is -2.23. The molecule has 0 saturated carbocycles. The Bertz CT molecular complexity index is 715. The van der Waals surface area contributed by atoms with Crippen LogP contribution in [0, 0.1) is 17.8 Å². The number of hydrogen-bond donors (Lipinski definition) is 0. The van der Waals surface area contributed by atoms with Gasteiger partial charge in [-0.05, 0) is 49.7 Å². The molecular weight excluding hydrogens is 331 g/mol. The second-order valence-electron chi connectivity index (χ2n) is 5.87. The van der Waals surface area contributed by atoms with Gasteiger partial charge in [-0.2, -0.15) is 0 Å². The number of piperidine rings is 1. The summed E-state index contributed by atoms with van der Waals surface area (Å²) in [4.78, 5) is 7.82. The number of nitrogens with zero attached hydrogens (tertiary/aromatic N) is 2. The summed E-state index contributed by atoms with van der Waals surface area (Å²) < 4.78 is 0. The van der Waals surface area contributed by atoms with Crippen LogP contribution in [-0.2, 0) is 4.84 Å². The monoisotopic (exact) mass is 348 g/mol. The zero-order valence-electron chi connectivity index (χ0n) is 13.0. The van der Waals surface area contributed by atoms with Crippen LogP contribution in [0.15, 0.2) is 35.0 Å². The van der Waals surface area contributed by atoms with Gasteiger partial charge in [0.1, 0.15) is 6.61 Å². The van der Waals surface area contributed by atoms with Crippen molar-refractivity contribution >= 4 is 28.9 Å². The summed E-state index contributed by atoms with van der Waals surface area (Å²) in [6.07, 6.45) is 3.15. The molecule has 0 N–H and O–H groups in total. The normalized spacial score (nSPS) is 24.7. The summed E-state index contributed by atoms with van der Waals surface area (Å²) in [6.45, 7) is 5.70. The van der Waals surface area contributed by atoms with Gasteiger partial charge in [-0.1, -0.05) is 40.2 Å². The Hall–Kier alpha value is -1.47. The summed E-state index contributed by atoms with van der Waals surface area (Å²) >= 11 is 11.8. The van der Waals surface area contributed by atoms with Crippen molar-refractivity contribution in [3.63, 3.8) is 0 Å². The van der Waals surface area contributed by atoms with Gasteiger partial charge in [-0.25, -0.2) is 0 Å². The molecule has 0 aliphatic carbocycles. The fourth-order valence-corrected chi connectivity index (χ4v) is 3.09. The molecule has 2 atom stereocenters.